The van der Waals surface area contributed by atoms with Gasteiger partial charge in [0.25, 0.3) is 5.89 Å². The zero-order chi connectivity index (χ0) is 9.26. The number of hydrogen-bond acceptors (Lipinski definition) is 5. The van der Waals surface area contributed by atoms with Crippen molar-refractivity contribution in [1.29, 1.82) is 0 Å². The first-order valence-corrected chi connectivity index (χ1v) is 3.75. The topological polar surface area (TPSA) is 89.6 Å². The highest BCUT2D eigenvalue weighted by Crippen LogP contribution is 2.08. The molecule has 0 saturated carbocycles. The van der Waals surface area contributed by atoms with Gasteiger partial charge in [0.1, 0.15) is 0 Å². The molecule has 0 amide bonds. The number of nitrogens with zero attached hydrogens (tertiary/aromatic N) is 4. The van der Waals surface area contributed by atoms with E-state index in [1.165, 1.54) is 0 Å². The Hall–Kier alpha value is -1.92. The Labute approximate surface area is 72.4 Å². The van der Waals surface area contributed by atoms with Crippen LogP contribution in [-0.4, -0.2) is 25.2 Å². The van der Waals surface area contributed by atoms with Crippen LogP contribution in [0.5, 0.6) is 0 Å². The third-order valence-corrected chi connectivity index (χ3v) is 1.52. The van der Waals surface area contributed by atoms with Gasteiger partial charge in [-0.15, -0.1) is 10.2 Å². The Morgan fingerprint density at radius 3 is 3.08 bits per heavy atom. The maximum atomic E-state index is 10.6. The van der Waals surface area contributed by atoms with Crippen LogP contribution in [0.3, 0.4) is 0 Å². The van der Waals surface area contributed by atoms with E-state index in [1.807, 2.05) is 6.92 Å². The van der Waals surface area contributed by atoms with Crippen molar-refractivity contribution in [1.82, 2.24) is 25.2 Å². The Morgan fingerprint density at radius 1 is 1.69 bits per heavy atom. The van der Waals surface area contributed by atoms with Gasteiger partial charge >= 0.3 is 5.76 Å². The molecule has 0 atom stereocenters. The van der Waals surface area contributed by atoms with E-state index in [4.69, 9.17) is 0 Å². The normalized spacial score (nSPS) is 10.5. The first-order chi connectivity index (χ1) is 6.29. The molecule has 2 heterocycles. The van der Waals surface area contributed by atoms with Crippen LogP contribution in [0, 0.1) is 0 Å². The van der Waals surface area contributed by atoms with Crippen LogP contribution in [-0.2, 0) is 6.54 Å². The van der Waals surface area contributed by atoms with E-state index in [2.05, 4.69) is 24.9 Å². The molecule has 0 radical (unpaired) electrons. The molecule has 0 spiro atoms. The zero-order valence-corrected chi connectivity index (χ0v) is 6.89. The van der Waals surface area contributed by atoms with Gasteiger partial charge in [-0.05, 0) is 6.92 Å². The molecule has 0 aliphatic heterocycles. The summed E-state index contributed by atoms with van der Waals surface area (Å²) in [7, 11) is 0. The molecule has 2 aromatic rings. The number of aryl methyl sites for hydroxylation is 1. The molecule has 68 valence electrons. The summed E-state index contributed by atoms with van der Waals surface area (Å²) >= 11 is 0. The molecule has 7 heteroatoms. The zero-order valence-electron chi connectivity index (χ0n) is 6.89. The molecule has 2 rings (SSSR count). The number of nitrogens with one attached hydrogen (secondary N) is 1. The molecule has 7 nitrogen and oxygen atoms in total. The van der Waals surface area contributed by atoms with Crippen molar-refractivity contribution in [3.05, 3.63) is 16.7 Å². The quantitative estimate of drug-likeness (QED) is 0.683. The Bertz CT molecular complexity index is 453. The molecule has 0 saturated heterocycles. The van der Waals surface area contributed by atoms with Crippen molar-refractivity contribution in [3.63, 3.8) is 0 Å². The highest BCUT2D eigenvalue weighted by molar-refractivity contribution is 5.42. The summed E-state index contributed by atoms with van der Waals surface area (Å²) in [4.78, 5) is 10.6. The lowest BCUT2D eigenvalue weighted by molar-refractivity contribution is 0.525. The lowest BCUT2D eigenvalue weighted by atomic mass is 10.5. The Kier molecular flexibility index (Phi) is 1.69. The fourth-order valence-corrected chi connectivity index (χ4v) is 0.890. The van der Waals surface area contributed by atoms with E-state index < -0.39 is 5.76 Å². The Morgan fingerprint density at radius 2 is 2.54 bits per heavy atom. The number of aromatic nitrogens is 5. The number of H-pyrrole nitrogens is 1. The van der Waals surface area contributed by atoms with Gasteiger partial charge in [0, 0.05) is 6.54 Å². The minimum absolute atomic E-state index is 0.157. The summed E-state index contributed by atoms with van der Waals surface area (Å²) in [6.45, 7) is 2.64. The van der Waals surface area contributed by atoms with Crippen LogP contribution in [0.15, 0.2) is 15.4 Å². The minimum Gasteiger partial charge on any atom is -0.386 e. The fraction of sp³-hybridized carbons (Fsp3) is 0.333. The second-order valence-corrected chi connectivity index (χ2v) is 2.38. The standard InChI is InChI=1S/C6H7N5O2/c1-2-11-3-4(7-10-11)5-8-9-6(12)13-5/h3H,2H2,1H3,(H,9,12). The van der Waals surface area contributed by atoms with Crippen LogP contribution in [0.2, 0.25) is 0 Å². The molecule has 0 unspecified atom stereocenters. The Balaban J connectivity index is 2.40. The summed E-state index contributed by atoms with van der Waals surface area (Å²) in [5.41, 5.74) is 0.445. The molecule has 0 fully saturated rings. The van der Waals surface area contributed by atoms with Crippen molar-refractivity contribution in [3.8, 4) is 11.6 Å². The maximum Gasteiger partial charge on any atom is 0.434 e. The van der Waals surface area contributed by atoms with Crippen molar-refractivity contribution >= 4 is 0 Å². The highest BCUT2D eigenvalue weighted by atomic mass is 16.4. The first-order valence-electron chi connectivity index (χ1n) is 3.75. The minimum atomic E-state index is -0.596. The molecule has 0 bridgehead atoms. The largest absolute Gasteiger partial charge is 0.434 e. The number of aromatic amines is 1. The second kappa shape index (κ2) is 2.85. The van der Waals surface area contributed by atoms with Gasteiger partial charge in [-0.25, -0.2) is 9.89 Å². The number of hydrogen-bond donors (Lipinski definition) is 1. The summed E-state index contributed by atoms with van der Waals surface area (Å²) in [5.74, 6) is -0.439. The summed E-state index contributed by atoms with van der Waals surface area (Å²) in [5, 5.41) is 13.3. The van der Waals surface area contributed by atoms with Gasteiger partial charge in [0.2, 0.25) is 0 Å². The summed E-state index contributed by atoms with van der Waals surface area (Å²) in [6, 6.07) is 0. The van der Waals surface area contributed by atoms with E-state index in [1.54, 1.807) is 10.9 Å². The van der Waals surface area contributed by atoms with Gasteiger partial charge in [-0.1, -0.05) is 5.21 Å². The average Bonchev–Trinajstić information content (AvgIpc) is 2.71. The summed E-state index contributed by atoms with van der Waals surface area (Å²) < 4.78 is 6.30. The van der Waals surface area contributed by atoms with Gasteiger partial charge < -0.3 is 4.42 Å². The lowest BCUT2D eigenvalue weighted by Crippen LogP contribution is -1.93. The lowest BCUT2D eigenvalue weighted by Gasteiger charge is -1.86. The summed E-state index contributed by atoms with van der Waals surface area (Å²) in [6.07, 6.45) is 1.65. The van der Waals surface area contributed by atoms with E-state index in [9.17, 15) is 4.79 Å². The fourth-order valence-electron chi connectivity index (χ4n) is 0.890. The van der Waals surface area contributed by atoms with E-state index >= 15 is 0 Å². The number of rotatable bonds is 2. The van der Waals surface area contributed by atoms with E-state index in [-0.39, 0.29) is 5.89 Å². The smallest absolute Gasteiger partial charge is 0.386 e. The van der Waals surface area contributed by atoms with E-state index in [0.29, 0.717) is 12.2 Å². The van der Waals surface area contributed by atoms with Crippen molar-refractivity contribution in [2.24, 2.45) is 0 Å². The molecule has 1 N–H and O–H groups in total. The van der Waals surface area contributed by atoms with Gasteiger partial charge in [0.15, 0.2) is 5.69 Å². The van der Waals surface area contributed by atoms with Crippen LogP contribution >= 0.6 is 0 Å². The van der Waals surface area contributed by atoms with Gasteiger partial charge in [-0.2, -0.15) is 0 Å². The highest BCUT2D eigenvalue weighted by Gasteiger charge is 2.08. The predicted molar refractivity (Wildman–Crippen MR) is 41.8 cm³/mol. The molecular formula is C6H7N5O2. The van der Waals surface area contributed by atoms with E-state index in [0.717, 1.165) is 0 Å². The van der Waals surface area contributed by atoms with Crippen molar-refractivity contribution in [2.45, 2.75) is 13.5 Å². The third-order valence-electron chi connectivity index (χ3n) is 1.52. The second-order valence-electron chi connectivity index (χ2n) is 2.38. The van der Waals surface area contributed by atoms with Crippen LogP contribution < -0.4 is 5.76 Å². The van der Waals surface area contributed by atoms with Crippen LogP contribution in [0.4, 0.5) is 0 Å². The SMILES string of the molecule is CCn1cc(-c2n[nH]c(=O)o2)nn1. The maximum absolute atomic E-state index is 10.6. The average molecular weight is 181 g/mol. The van der Waals surface area contributed by atoms with Crippen molar-refractivity contribution < 1.29 is 4.42 Å². The predicted octanol–water partition coefficient (Wildman–Crippen LogP) is -0.359. The monoisotopic (exact) mass is 181 g/mol. The molecule has 2 aromatic heterocycles. The molecule has 0 aliphatic rings. The van der Waals surface area contributed by atoms with Crippen LogP contribution in [0.25, 0.3) is 11.6 Å². The molecule has 13 heavy (non-hydrogen) atoms. The molecule has 0 aliphatic carbocycles. The third kappa shape index (κ3) is 1.35. The van der Waals surface area contributed by atoms with Crippen molar-refractivity contribution in [2.75, 3.05) is 0 Å². The molecule has 0 aromatic carbocycles. The van der Waals surface area contributed by atoms with Gasteiger partial charge in [-0.3, -0.25) is 4.68 Å². The van der Waals surface area contributed by atoms with Crippen LogP contribution in [0.1, 0.15) is 6.92 Å². The van der Waals surface area contributed by atoms with Gasteiger partial charge in [0.05, 0.1) is 6.20 Å². The molecular weight excluding hydrogens is 174 g/mol. The first kappa shape index (κ1) is 7.71.